The van der Waals surface area contributed by atoms with Gasteiger partial charge in [0.05, 0.1) is 20.1 Å². The van der Waals surface area contributed by atoms with Gasteiger partial charge in [0.2, 0.25) is 11.8 Å². The lowest BCUT2D eigenvalue weighted by molar-refractivity contribution is -0.122. The first-order valence-corrected chi connectivity index (χ1v) is 13.7. The molecule has 0 bridgehead atoms. The summed E-state index contributed by atoms with van der Waals surface area (Å²) < 4.78 is 10.6. The van der Waals surface area contributed by atoms with E-state index in [-0.39, 0.29) is 24.1 Å². The maximum Gasteiger partial charge on any atom is 0.254 e. The van der Waals surface area contributed by atoms with Gasteiger partial charge in [-0.1, -0.05) is 24.3 Å². The Kier molecular flexibility index (Phi) is 8.05. The summed E-state index contributed by atoms with van der Waals surface area (Å²) in [5.74, 6) is 1.13. The Balaban J connectivity index is 1.15. The van der Waals surface area contributed by atoms with Gasteiger partial charge in [-0.3, -0.25) is 14.4 Å². The molecule has 2 saturated heterocycles. The predicted octanol–water partition coefficient (Wildman–Crippen LogP) is 5.02. The highest BCUT2D eigenvalue weighted by molar-refractivity contribution is 6.03. The van der Waals surface area contributed by atoms with E-state index in [0.717, 1.165) is 29.8 Å². The maximum absolute atomic E-state index is 13.1. The quantitative estimate of drug-likeness (QED) is 0.454. The smallest absolute Gasteiger partial charge is 0.254 e. The van der Waals surface area contributed by atoms with Crippen molar-refractivity contribution < 1.29 is 23.9 Å². The van der Waals surface area contributed by atoms with E-state index in [9.17, 15) is 14.4 Å². The number of hydrogen-bond donors (Lipinski definition) is 1. The number of amides is 3. The van der Waals surface area contributed by atoms with Crippen LogP contribution in [0.2, 0.25) is 0 Å². The number of piperidine rings is 1. The van der Waals surface area contributed by atoms with Gasteiger partial charge >= 0.3 is 0 Å². The minimum absolute atomic E-state index is 0.0447. The number of nitrogens with one attached hydrogen (secondary N) is 1. The van der Waals surface area contributed by atoms with Crippen molar-refractivity contribution in [2.24, 2.45) is 5.92 Å². The number of likely N-dealkylation sites (tertiary alicyclic amines) is 1. The molecule has 1 atom stereocenters. The van der Waals surface area contributed by atoms with Crippen LogP contribution in [0.15, 0.2) is 66.7 Å². The second-order valence-corrected chi connectivity index (χ2v) is 10.4. The lowest BCUT2D eigenvalue weighted by atomic mass is 9.89. The summed E-state index contributed by atoms with van der Waals surface area (Å²) in [5, 5.41) is 2.98. The second kappa shape index (κ2) is 11.8. The molecule has 2 aliphatic rings. The van der Waals surface area contributed by atoms with E-state index in [4.69, 9.17) is 9.47 Å². The van der Waals surface area contributed by atoms with Crippen molar-refractivity contribution in [3.63, 3.8) is 0 Å². The van der Waals surface area contributed by atoms with E-state index >= 15 is 0 Å². The minimum atomic E-state index is -0.423. The van der Waals surface area contributed by atoms with Gasteiger partial charge in [-0.05, 0) is 67.6 Å². The highest BCUT2D eigenvalue weighted by Gasteiger charge is 2.35. The summed E-state index contributed by atoms with van der Waals surface area (Å²) in [7, 11) is 3.20. The summed E-state index contributed by atoms with van der Waals surface area (Å²) >= 11 is 0. The number of nitrogens with zero attached hydrogens (tertiary/aromatic N) is 2. The van der Waals surface area contributed by atoms with Crippen molar-refractivity contribution in [1.29, 1.82) is 0 Å². The van der Waals surface area contributed by atoms with Gasteiger partial charge in [0.15, 0.2) is 0 Å². The number of benzene rings is 3. The Labute approximate surface area is 234 Å². The van der Waals surface area contributed by atoms with Crippen LogP contribution in [-0.4, -0.2) is 56.5 Å². The molecule has 8 heteroatoms. The molecule has 2 heterocycles. The summed E-state index contributed by atoms with van der Waals surface area (Å²) in [4.78, 5) is 42.3. The van der Waals surface area contributed by atoms with Crippen LogP contribution < -0.4 is 19.7 Å². The molecule has 2 fully saturated rings. The molecule has 1 N–H and O–H groups in total. The summed E-state index contributed by atoms with van der Waals surface area (Å²) in [6, 6.07) is 20.8. The Morgan fingerprint density at radius 1 is 0.925 bits per heavy atom. The van der Waals surface area contributed by atoms with Gasteiger partial charge in [0.1, 0.15) is 11.5 Å². The Bertz CT molecular complexity index is 1400. The number of carbonyl (C=O) groups is 3. The molecule has 0 radical (unpaired) electrons. The number of rotatable bonds is 7. The van der Waals surface area contributed by atoms with Crippen molar-refractivity contribution >= 4 is 29.1 Å². The molecule has 0 aromatic heterocycles. The van der Waals surface area contributed by atoms with Crippen molar-refractivity contribution in [2.45, 2.75) is 32.1 Å². The predicted molar refractivity (Wildman–Crippen MR) is 154 cm³/mol. The third kappa shape index (κ3) is 5.66. The fourth-order valence-corrected chi connectivity index (χ4v) is 5.65. The van der Waals surface area contributed by atoms with Crippen LogP contribution in [-0.2, 0) is 9.59 Å². The average molecular weight is 542 g/mol. The first-order valence-electron chi connectivity index (χ1n) is 13.7. The number of anilines is 2. The van der Waals surface area contributed by atoms with Crippen LogP contribution in [0, 0.1) is 12.8 Å². The molecule has 208 valence electrons. The maximum atomic E-state index is 13.1. The molecule has 0 spiro atoms. The average Bonchev–Trinajstić information content (AvgIpc) is 3.39. The first kappa shape index (κ1) is 27.2. The normalized spacial score (nSPS) is 17.6. The summed E-state index contributed by atoms with van der Waals surface area (Å²) in [6.45, 7) is 3.64. The zero-order valence-electron chi connectivity index (χ0n) is 23.2. The van der Waals surface area contributed by atoms with Crippen LogP contribution in [0.25, 0.3) is 0 Å². The number of ether oxygens (including phenoxy) is 2. The number of carbonyl (C=O) groups excluding carboxylic acids is 3. The fourth-order valence-electron chi connectivity index (χ4n) is 5.65. The van der Waals surface area contributed by atoms with Crippen molar-refractivity contribution in [1.82, 2.24) is 4.90 Å². The SMILES string of the molecule is COc1cccc(N2CC(C(=O)Nc3ccc(C4CCN(C(=O)c5cccc(OC)c5C)CC4)cc3)CC2=O)c1. The van der Waals surface area contributed by atoms with Gasteiger partial charge in [-0.2, -0.15) is 0 Å². The molecule has 5 rings (SSSR count). The molecule has 2 aliphatic heterocycles. The van der Waals surface area contributed by atoms with Gasteiger partial charge in [-0.15, -0.1) is 0 Å². The topological polar surface area (TPSA) is 88.2 Å². The fraction of sp³-hybridized carbons (Fsp3) is 0.344. The van der Waals surface area contributed by atoms with E-state index in [2.05, 4.69) is 5.32 Å². The first-order chi connectivity index (χ1) is 19.4. The van der Waals surface area contributed by atoms with E-state index in [1.807, 2.05) is 72.5 Å². The van der Waals surface area contributed by atoms with E-state index in [1.165, 1.54) is 5.56 Å². The molecular formula is C32H35N3O5. The van der Waals surface area contributed by atoms with Crippen molar-refractivity contribution in [3.05, 3.63) is 83.4 Å². The molecule has 3 amide bonds. The largest absolute Gasteiger partial charge is 0.497 e. The molecule has 3 aromatic rings. The lowest BCUT2D eigenvalue weighted by Crippen LogP contribution is -2.38. The Morgan fingerprint density at radius 2 is 1.65 bits per heavy atom. The monoisotopic (exact) mass is 541 g/mol. The standard InChI is InChI=1S/C32H35N3O5/c1-21-28(8-5-9-29(21)40-3)32(38)34-16-14-23(15-17-34)22-10-12-25(13-11-22)33-31(37)24-18-30(36)35(20-24)26-6-4-7-27(19-26)39-2/h4-13,19,23-24H,14-18,20H2,1-3H3,(H,33,37). The summed E-state index contributed by atoms with van der Waals surface area (Å²) in [5.41, 5.74) is 4.19. The molecule has 8 nitrogen and oxygen atoms in total. The molecule has 0 aliphatic carbocycles. The summed E-state index contributed by atoms with van der Waals surface area (Å²) in [6.07, 6.45) is 1.93. The highest BCUT2D eigenvalue weighted by atomic mass is 16.5. The van der Waals surface area contributed by atoms with Crippen molar-refractivity contribution in [2.75, 3.05) is 44.1 Å². The molecule has 3 aromatic carbocycles. The molecule has 1 unspecified atom stereocenters. The zero-order valence-corrected chi connectivity index (χ0v) is 23.2. The van der Waals surface area contributed by atoms with Crippen LogP contribution in [0.1, 0.15) is 46.7 Å². The number of hydrogen-bond acceptors (Lipinski definition) is 5. The zero-order chi connectivity index (χ0) is 28.2. The van der Waals surface area contributed by atoms with Gasteiger partial charge in [0.25, 0.3) is 5.91 Å². The van der Waals surface area contributed by atoms with Crippen LogP contribution >= 0.6 is 0 Å². The molecule has 40 heavy (non-hydrogen) atoms. The van der Waals surface area contributed by atoms with Crippen LogP contribution in [0.5, 0.6) is 11.5 Å². The third-order valence-corrected chi connectivity index (χ3v) is 8.03. The highest BCUT2D eigenvalue weighted by Crippen LogP contribution is 2.32. The van der Waals surface area contributed by atoms with E-state index in [1.54, 1.807) is 25.2 Å². The Hall–Kier alpha value is -4.33. The second-order valence-electron chi connectivity index (χ2n) is 10.4. The minimum Gasteiger partial charge on any atom is -0.497 e. The number of methoxy groups -OCH3 is 2. The van der Waals surface area contributed by atoms with Crippen LogP contribution in [0.4, 0.5) is 11.4 Å². The van der Waals surface area contributed by atoms with Gasteiger partial charge in [-0.25, -0.2) is 0 Å². The van der Waals surface area contributed by atoms with Crippen molar-refractivity contribution in [3.8, 4) is 11.5 Å². The van der Waals surface area contributed by atoms with Gasteiger partial charge < -0.3 is 24.6 Å². The van der Waals surface area contributed by atoms with E-state index in [0.29, 0.717) is 42.6 Å². The van der Waals surface area contributed by atoms with Crippen LogP contribution in [0.3, 0.4) is 0 Å². The lowest BCUT2D eigenvalue weighted by Gasteiger charge is -2.32. The molecular weight excluding hydrogens is 506 g/mol. The van der Waals surface area contributed by atoms with E-state index < -0.39 is 5.92 Å². The van der Waals surface area contributed by atoms with Gasteiger partial charge in [0, 0.05) is 54.6 Å². The molecule has 0 saturated carbocycles. The Morgan fingerprint density at radius 3 is 2.35 bits per heavy atom. The third-order valence-electron chi connectivity index (χ3n) is 8.03.